The molecule has 0 amide bonds. The first-order valence-electron chi connectivity index (χ1n) is 14.1. The van der Waals surface area contributed by atoms with Gasteiger partial charge in [-0.25, -0.2) is 0 Å². The number of hydrogen-bond acceptors (Lipinski definition) is 0. The average molecular weight is 475 g/mol. The Kier molecular flexibility index (Phi) is 11.6. The van der Waals surface area contributed by atoms with Crippen LogP contribution in [0, 0.1) is 0 Å². The highest BCUT2D eigenvalue weighted by molar-refractivity contribution is 7.77. The minimum atomic E-state index is -0.490. The van der Waals surface area contributed by atoms with Crippen molar-refractivity contribution in [3.8, 4) is 0 Å². The molecule has 3 rings (SSSR count). The minimum Gasteiger partial charge on any atom is -0.0801 e. The summed E-state index contributed by atoms with van der Waals surface area (Å²) < 4.78 is 0. The number of rotatable bonds is 15. The molecule has 34 heavy (non-hydrogen) atoms. The molecule has 184 valence electrons. The number of hydrogen-bond donors (Lipinski definition) is 0. The Morgan fingerprint density at radius 1 is 0.618 bits per heavy atom. The normalized spacial score (nSPS) is 13.1. The van der Waals surface area contributed by atoms with Crippen molar-refractivity contribution in [1.82, 2.24) is 0 Å². The highest BCUT2D eigenvalue weighted by Crippen LogP contribution is 2.49. The Morgan fingerprint density at radius 3 is 1.50 bits per heavy atom. The lowest BCUT2D eigenvalue weighted by atomic mass is 9.97. The van der Waals surface area contributed by atoms with Gasteiger partial charge in [0.05, 0.1) is 0 Å². The Hall–Kier alpha value is -1.65. The quantitative estimate of drug-likeness (QED) is 0.226. The number of unbranched alkanes of at least 4 members (excludes halogenated alkanes) is 4. The van der Waals surface area contributed by atoms with Crippen molar-refractivity contribution in [3.05, 3.63) is 82.2 Å². The Bertz CT molecular complexity index is 886. The fourth-order valence-corrected chi connectivity index (χ4v) is 8.11. The van der Waals surface area contributed by atoms with Gasteiger partial charge in [0.1, 0.15) is 0 Å². The third-order valence-corrected chi connectivity index (χ3v) is 9.88. The van der Waals surface area contributed by atoms with E-state index in [1.165, 1.54) is 77.0 Å². The van der Waals surface area contributed by atoms with Crippen LogP contribution in [0.4, 0.5) is 0 Å². The first-order valence-corrected chi connectivity index (χ1v) is 15.5. The van der Waals surface area contributed by atoms with Gasteiger partial charge < -0.3 is 0 Å². The van der Waals surface area contributed by atoms with Crippen LogP contribution in [0.2, 0.25) is 0 Å². The molecule has 1 aliphatic carbocycles. The van der Waals surface area contributed by atoms with Gasteiger partial charge in [0.15, 0.2) is 0 Å². The summed E-state index contributed by atoms with van der Waals surface area (Å²) in [5.41, 5.74) is 6.59. The summed E-state index contributed by atoms with van der Waals surface area (Å²) in [5.74, 6) is 0. The minimum absolute atomic E-state index is 0.490. The average Bonchev–Trinajstić information content (AvgIpc) is 3.39. The second-order valence-electron chi connectivity index (χ2n) is 9.87. The molecule has 1 heteroatoms. The molecule has 0 N–H and O–H groups in total. The third kappa shape index (κ3) is 6.95. The summed E-state index contributed by atoms with van der Waals surface area (Å²) >= 11 is 0. The van der Waals surface area contributed by atoms with Crippen LogP contribution in [-0.2, 0) is 25.7 Å². The van der Waals surface area contributed by atoms with E-state index >= 15 is 0 Å². The van der Waals surface area contributed by atoms with Crippen LogP contribution in [0.3, 0.4) is 0 Å². The van der Waals surface area contributed by atoms with E-state index in [4.69, 9.17) is 0 Å². The molecule has 0 fully saturated rings. The number of allylic oxidation sites excluding steroid dienone is 4. The molecule has 1 aliphatic rings. The van der Waals surface area contributed by atoms with E-state index in [-0.39, 0.29) is 0 Å². The van der Waals surface area contributed by atoms with Crippen LogP contribution >= 0.6 is 7.92 Å². The van der Waals surface area contributed by atoms with Gasteiger partial charge in [-0.2, -0.15) is 0 Å². The van der Waals surface area contributed by atoms with Gasteiger partial charge in [0.25, 0.3) is 0 Å². The standard InChI is InChI=1S/C33H47P/c1-5-9-17-27-19-15-25-32(30(27)23-11-7-3)34(29-21-13-14-22-29)33-26-16-20-28(18-10-6-2)31(33)24-12-8-4/h13-16,19-21,25-26H,5-12,17-18,22-24H2,1-4H3. The van der Waals surface area contributed by atoms with Gasteiger partial charge in [-0.15, -0.1) is 0 Å². The molecule has 0 saturated carbocycles. The lowest BCUT2D eigenvalue weighted by Gasteiger charge is -2.28. The summed E-state index contributed by atoms with van der Waals surface area (Å²) in [4.78, 5) is 0. The fourth-order valence-electron chi connectivity index (χ4n) is 5.19. The molecule has 0 heterocycles. The first-order chi connectivity index (χ1) is 16.7. The highest BCUT2D eigenvalue weighted by atomic mass is 31.1. The van der Waals surface area contributed by atoms with Gasteiger partial charge in [0.2, 0.25) is 0 Å². The summed E-state index contributed by atoms with van der Waals surface area (Å²) in [5, 5.41) is 4.94. The van der Waals surface area contributed by atoms with E-state index in [1.807, 2.05) is 0 Å². The van der Waals surface area contributed by atoms with Gasteiger partial charge >= 0.3 is 0 Å². The molecule has 0 nitrogen and oxygen atoms in total. The molecule has 2 aromatic carbocycles. The maximum absolute atomic E-state index is 2.49. The third-order valence-electron chi connectivity index (χ3n) is 7.18. The summed E-state index contributed by atoms with van der Waals surface area (Å²) in [6.07, 6.45) is 23.3. The zero-order valence-corrected chi connectivity index (χ0v) is 23.2. The Labute approximate surface area is 211 Å². The number of aryl methyl sites for hydroxylation is 2. The van der Waals surface area contributed by atoms with Gasteiger partial charge in [-0.1, -0.05) is 108 Å². The molecule has 0 aromatic heterocycles. The van der Waals surface area contributed by atoms with E-state index in [0.717, 1.165) is 6.42 Å². The van der Waals surface area contributed by atoms with Crippen LogP contribution in [0.1, 0.15) is 108 Å². The molecule has 0 saturated heterocycles. The zero-order chi connectivity index (χ0) is 24.2. The topological polar surface area (TPSA) is 0 Å². The van der Waals surface area contributed by atoms with Crippen molar-refractivity contribution in [2.45, 2.75) is 111 Å². The molecule has 0 spiro atoms. The lowest BCUT2D eigenvalue weighted by Crippen LogP contribution is -2.22. The molecule has 0 unspecified atom stereocenters. The van der Waals surface area contributed by atoms with E-state index in [1.54, 1.807) is 38.2 Å². The maximum atomic E-state index is 2.49. The van der Waals surface area contributed by atoms with Gasteiger partial charge in [0, 0.05) is 0 Å². The highest BCUT2D eigenvalue weighted by Gasteiger charge is 2.26. The van der Waals surface area contributed by atoms with Crippen molar-refractivity contribution in [3.63, 3.8) is 0 Å². The van der Waals surface area contributed by atoms with Crippen LogP contribution in [0.15, 0.2) is 59.9 Å². The van der Waals surface area contributed by atoms with Crippen LogP contribution < -0.4 is 10.6 Å². The van der Waals surface area contributed by atoms with E-state index in [9.17, 15) is 0 Å². The molecule has 0 bridgehead atoms. The first kappa shape index (κ1) is 26.9. The zero-order valence-electron chi connectivity index (χ0n) is 22.3. The maximum Gasteiger partial charge on any atom is -0.00836 e. The van der Waals surface area contributed by atoms with Crippen molar-refractivity contribution >= 4 is 18.5 Å². The summed E-state index contributed by atoms with van der Waals surface area (Å²) in [6.45, 7) is 9.31. The Balaban J connectivity index is 2.18. The van der Waals surface area contributed by atoms with E-state index < -0.39 is 7.92 Å². The van der Waals surface area contributed by atoms with E-state index in [2.05, 4.69) is 82.3 Å². The predicted octanol–water partition coefficient (Wildman–Crippen LogP) is 9.33. The largest absolute Gasteiger partial charge is 0.0801 e. The van der Waals surface area contributed by atoms with Crippen LogP contribution in [-0.4, -0.2) is 0 Å². The molecule has 2 aromatic rings. The lowest BCUT2D eigenvalue weighted by molar-refractivity contribution is 0.760. The van der Waals surface area contributed by atoms with Crippen molar-refractivity contribution < 1.29 is 0 Å². The van der Waals surface area contributed by atoms with E-state index in [0.29, 0.717) is 0 Å². The van der Waals surface area contributed by atoms with Crippen molar-refractivity contribution in [2.75, 3.05) is 0 Å². The van der Waals surface area contributed by atoms with Crippen molar-refractivity contribution in [1.29, 1.82) is 0 Å². The summed E-state index contributed by atoms with van der Waals surface area (Å²) in [7, 11) is -0.490. The second-order valence-corrected chi connectivity index (χ2v) is 12.1. The SMILES string of the molecule is CCCCc1cccc(P(C2=CC=CC2)c2cccc(CCCC)c2CCCC)c1CCCC. The predicted molar refractivity (Wildman–Crippen MR) is 155 cm³/mol. The molecular formula is C33H47P. The molecular weight excluding hydrogens is 427 g/mol. The van der Waals surface area contributed by atoms with Gasteiger partial charge in [-0.05, 0) is 104 Å². The second kappa shape index (κ2) is 14.7. The van der Waals surface area contributed by atoms with Crippen LogP contribution in [0.25, 0.3) is 0 Å². The van der Waals surface area contributed by atoms with Gasteiger partial charge in [-0.3, -0.25) is 0 Å². The Morgan fingerprint density at radius 2 is 1.09 bits per heavy atom. The van der Waals surface area contributed by atoms with Crippen molar-refractivity contribution in [2.24, 2.45) is 0 Å². The number of benzene rings is 2. The monoisotopic (exact) mass is 474 g/mol. The molecule has 0 atom stereocenters. The molecule has 0 aliphatic heterocycles. The fraction of sp³-hybridized carbons (Fsp3) is 0.515. The smallest absolute Gasteiger partial charge is 0.00836 e. The summed E-state index contributed by atoms with van der Waals surface area (Å²) in [6, 6.07) is 14.6. The molecule has 0 radical (unpaired) electrons. The van der Waals surface area contributed by atoms with Crippen LogP contribution in [0.5, 0.6) is 0 Å².